The van der Waals surface area contributed by atoms with E-state index in [-0.39, 0.29) is 17.7 Å². The number of carbonyl (C=O) groups excluding carboxylic acids is 1. The normalized spacial score (nSPS) is 23.8. The van der Waals surface area contributed by atoms with E-state index >= 15 is 0 Å². The van der Waals surface area contributed by atoms with Gasteiger partial charge in [-0.25, -0.2) is 9.97 Å². The van der Waals surface area contributed by atoms with E-state index in [1.54, 1.807) is 6.33 Å². The molecule has 0 spiro atoms. The number of anilines is 1. The van der Waals surface area contributed by atoms with Crippen LogP contribution in [-0.2, 0) is 11.2 Å². The fourth-order valence-electron chi connectivity index (χ4n) is 5.41. The monoisotopic (exact) mass is 469 g/mol. The van der Waals surface area contributed by atoms with Crippen molar-refractivity contribution in [1.82, 2.24) is 19.8 Å². The van der Waals surface area contributed by atoms with Gasteiger partial charge in [-0.1, -0.05) is 30.7 Å². The van der Waals surface area contributed by atoms with Crippen molar-refractivity contribution >= 4 is 23.3 Å². The maximum Gasteiger partial charge on any atom is 0.227 e. The fourth-order valence-corrected chi connectivity index (χ4v) is 5.62. The Labute approximate surface area is 200 Å². The smallest absolute Gasteiger partial charge is 0.227 e. The summed E-state index contributed by atoms with van der Waals surface area (Å²) in [5.41, 5.74) is 2.95. The van der Waals surface area contributed by atoms with Crippen molar-refractivity contribution in [3.05, 3.63) is 52.4 Å². The first-order valence-corrected chi connectivity index (χ1v) is 12.4. The highest BCUT2D eigenvalue weighted by molar-refractivity contribution is 6.30. The molecule has 1 unspecified atom stereocenters. The molecule has 0 radical (unpaired) electrons. The molecule has 33 heavy (non-hydrogen) atoms. The molecule has 3 aliphatic rings. The standard InChI is InChI=1S/C25H32ClN5O2/c1-17-12-21(32)23-22(17)24(28-16-27-23)30-8-10-31(11-9-30)25(33)19(15-29-6-3-7-29)13-18-4-2-5-20(26)14-18/h2,4-5,14,16-17,19,21,32H,3,6-13,15H2,1H3/t17-,19?,21-/m1/s1. The van der Waals surface area contributed by atoms with E-state index in [2.05, 4.69) is 32.8 Å². The summed E-state index contributed by atoms with van der Waals surface area (Å²) in [7, 11) is 0. The van der Waals surface area contributed by atoms with Crippen molar-refractivity contribution in [1.29, 1.82) is 0 Å². The van der Waals surface area contributed by atoms with E-state index < -0.39 is 6.10 Å². The molecule has 8 heteroatoms. The predicted octanol–water partition coefficient (Wildman–Crippen LogP) is 2.88. The number of halogens is 1. The third-order valence-electron chi connectivity index (χ3n) is 7.32. The van der Waals surface area contributed by atoms with Crippen LogP contribution in [0, 0.1) is 5.92 Å². The highest BCUT2D eigenvalue weighted by atomic mass is 35.5. The lowest BCUT2D eigenvalue weighted by atomic mass is 9.95. The average Bonchev–Trinajstić information content (AvgIpc) is 3.09. The second-order valence-corrected chi connectivity index (χ2v) is 10.1. The molecule has 3 heterocycles. The molecule has 1 amide bonds. The molecule has 2 fully saturated rings. The summed E-state index contributed by atoms with van der Waals surface area (Å²) in [6, 6.07) is 7.87. The van der Waals surface area contributed by atoms with Crippen LogP contribution >= 0.6 is 11.6 Å². The summed E-state index contributed by atoms with van der Waals surface area (Å²) >= 11 is 6.20. The quantitative estimate of drug-likeness (QED) is 0.701. The van der Waals surface area contributed by atoms with Crippen LogP contribution in [0.5, 0.6) is 0 Å². The van der Waals surface area contributed by atoms with Crippen LogP contribution in [0.1, 0.15) is 48.6 Å². The van der Waals surface area contributed by atoms with E-state index in [1.165, 1.54) is 6.42 Å². The molecule has 2 aromatic rings. The van der Waals surface area contributed by atoms with Gasteiger partial charge < -0.3 is 19.8 Å². The summed E-state index contributed by atoms with van der Waals surface area (Å²) in [4.78, 5) is 29.1. The van der Waals surface area contributed by atoms with E-state index in [9.17, 15) is 9.90 Å². The molecule has 7 nitrogen and oxygen atoms in total. The first-order chi connectivity index (χ1) is 16.0. The summed E-state index contributed by atoms with van der Waals surface area (Å²) in [5.74, 6) is 1.34. The zero-order valence-electron chi connectivity index (χ0n) is 19.2. The van der Waals surface area contributed by atoms with Gasteiger partial charge in [0.1, 0.15) is 12.1 Å². The van der Waals surface area contributed by atoms with E-state index in [4.69, 9.17) is 11.6 Å². The molecule has 0 saturated carbocycles. The minimum Gasteiger partial charge on any atom is -0.387 e. The third-order valence-corrected chi connectivity index (χ3v) is 7.55. The Kier molecular flexibility index (Phi) is 6.54. The van der Waals surface area contributed by atoms with Gasteiger partial charge in [0.2, 0.25) is 5.91 Å². The van der Waals surface area contributed by atoms with Gasteiger partial charge >= 0.3 is 0 Å². The van der Waals surface area contributed by atoms with Gasteiger partial charge in [-0.05, 0) is 56.0 Å². The number of carbonyl (C=O) groups is 1. The molecule has 0 bridgehead atoms. The van der Waals surface area contributed by atoms with Gasteiger partial charge in [-0.15, -0.1) is 0 Å². The second kappa shape index (κ2) is 9.57. The lowest BCUT2D eigenvalue weighted by Crippen LogP contribution is -2.53. The van der Waals surface area contributed by atoms with Gasteiger partial charge in [0.05, 0.1) is 17.7 Å². The highest BCUT2D eigenvalue weighted by Crippen LogP contribution is 2.42. The second-order valence-electron chi connectivity index (χ2n) is 9.65. The van der Waals surface area contributed by atoms with Crippen molar-refractivity contribution in [2.45, 2.75) is 38.2 Å². The van der Waals surface area contributed by atoms with Crippen LogP contribution in [0.4, 0.5) is 5.82 Å². The van der Waals surface area contributed by atoms with E-state index in [1.807, 2.05) is 23.1 Å². The van der Waals surface area contributed by atoms with Crippen LogP contribution in [0.2, 0.25) is 5.02 Å². The molecule has 3 atom stereocenters. The minimum atomic E-state index is -0.506. The highest BCUT2D eigenvalue weighted by Gasteiger charge is 2.35. The van der Waals surface area contributed by atoms with Crippen molar-refractivity contribution in [2.75, 3.05) is 50.7 Å². The minimum absolute atomic E-state index is 0.0613. The van der Waals surface area contributed by atoms with Gasteiger partial charge in [0, 0.05) is 43.3 Å². The number of fused-ring (bicyclic) bond motifs is 1. The molecule has 1 aromatic carbocycles. The van der Waals surface area contributed by atoms with Crippen LogP contribution in [0.3, 0.4) is 0 Å². The largest absolute Gasteiger partial charge is 0.387 e. The molecule has 2 aliphatic heterocycles. The van der Waals surface area contributed by atoms with Gasteiger partial charge in [0.25, 0.3) is 0 Å². The number of rotatable bonds is 6. The maximum absolute atomic E-state index is 13.6. The molecule has 5 rings (SSSR count). The number of benzene rings is 1. The van der Waals surface area contributed by atoms with Crippen LogP contribution in [0.15, 0.2) is 30.6 Å². The van der Waals surface area contributed by atoms with E-state index in [0.29, 0.717) is 31.0 Å². The topological polar surface area (TPSA) is 72.8 Å². The molecule has 1 aromatic heterocycles. The Hall–Kier alpha value is -2.22. The Morgan fingerprint density at radius 1 is 1.18 bits per heavy atom. The van der Waals surface area contributed by atoms with Gasteiger partial charge in [0.15, 0.2) is 0 Å². The maximum atomic E-state index is 13.6. The Morgan fingerprint density at radius 2 is 1.97 bits per heavy atom. The Balaban J connectivity index is 1.27. The zero-order chi connectivity index (χ0) is 22.9. The number of aliphatic hydroxyl groups is 1. The molecule has 2 saturated heterocycles. The van der Waals surface area contributed by atoms with Crippen LogP contribution in [-0.4, -0.2) is 76.6 Å². The molecule has 1 aliphatic carbocycles. The third kappa shape index (κ3) is 4.72. The first-order valence-electron chi connectivity index (χ1n) is 12.0. The summed E-state index contributed by atoms with van der Waals surface area (Å²) in [6.07, 6.45) is 3.67. The van der Waals surface area contributed by atoms with Crippen molar-refractivity contribution in [3.63, 3.8) is 0 Å². The number of hydrogen-bond donors (Lipinski definition) is 1. The Bertz CT molecular complexity index is 1010. The number of hydrogen-bond acceptors (Lipinski definition) is 6. The van der Waals surface area contributed by atoms with Gasteiger partial charge in [-0.3, -0.25) is 4.79 Å². The van der Waals surface area contributed by atoms with Crippen LogP contribution < -0.4 is 4.90 Å². The van der Waals surface area contributed by atoms with Crippen molar-refractivity contribution in [3.8, 4) is 0 Å². The number of piperazine rings is 1. The molecular formula is C25H32ClN5O2. The summed E-state index contributed by atoms with van der Waals surface area (Å²) in [5, 5.41) is 11.0. The van der Waals surface area contributed by atoms with Crippen molar-refractivity contribution in [2.24, 2.45) is 5.92 Å². The lowest BCUT2D eigenvalue weighted by molar-refractivity contribution is -0.136. The number of nitrogens with zero attached hydrogens (tertiary/aromatic N) is 5. The molecule has 1 N–H and O–H groups in total. The number of aromatic nitrogens is 2. The lowest BCUT2D eigenvalue weighted by Gasteiger charge is -2.39. The number of aliphatic hydroxyl groups excluding tert-OH is 1. The Morgan fingerprint density at radius 3 is 2.67 bits per heavy atom. The predicted molar refractivity (Wildman–Crippen MR) is 129 cm³/mol. The van der Waals surface area contributed by atoms with Gasteiger partial charge in [-0.2, -0.15) is 0 Å². The van der Waals surface area contributed by atoms with Crippen LogP contribution in [0.25, 0.3) is 0 Å². The SMILES string of the molecule is C[C@@H]1C[C@@H](O)c2ncnc(N3CCN(C(=O)C(Cc4cccc(Cl)c4)CN4CCC4)CC3)c21. The van der Waals surface area contributed by atoms with Crippen molar-refractivity contribution < 1.29 is 9.90 Å². The zero-order valence-corrected chi connectivity index (χ0v) is 19.9. The summed E-state index contributed by atoms with van der Waals surface area (Å²) < 4.78 is 0. The summed E-state index contributed by atoms with van der Waals surface area (Å²) in [6.45, 7) is 7.93. The van der Waals surface area contributed by atoms with E-state index in [0.717, 1.165) is 55.4 Å². The molecule has 176 valence electrons. The number of likely N-dealkylation sites (tertiary alicyclic amines) is 1. The first kappa shape index (κ1) is 22.6. The number of amides is 1. The average molecular weight is 470 g/mol. The molecular weight excluding hydrogens is 438 g/mol. The fraction of sp³-hybridized carbons (Fsp3) is 0.560.